The predicted molar refractivity (Wildman–Crippen MR) is 88.9 cm³/mol. The molecule has 1 heterocycles. The first-order valence-electron chi connectivity index (χ1n) is 7.14. The summed E-state index contributed by atoms with van der Waals surface area (Å²) in [5.41, 5.74) is 0. The molecule has 4 nitrogen and oxygen atoms in total. The molecule has 1 aromatic heterocycles. The molecule has 2 N–H and O–H groups in total. The Kier molecular flexibility index (Phi) is 6.83. The number of hydrogen-bond donors (Lipinski definition) is 2. The molecule has 0 fully saturated rings. The Morgan fingerprint density at radius 1 is 1.18 bits per heavy atom. The Balaban J connectivity index is 1.63. The molecule has 0 aliphatic heterocycles. The zero-order valence-corrected chi connectivity index (χ0v) is 13.3. The molecule has 0 spiro atoms. The maximum Gasteiger partial charge on any atom is 0.191 e. The summed E-state index contributed by atoms with van der Waals surface area (Å²) >= 11 is 1.49. The number of thioether (sulfide) groups is 1. The van der Waals surface area contributed by atoms with Gasteiger partial charge in [0, 0.05) is 37.2 Å². The Morgan fingerprint density at radius 2 is 2.00 bits per heavy atom. The zero-order chi connectivity index (χ0) is 15.6. The van der Waals surface area contributed by atoms with Crippen molar-refractivity contribution >= 4 is 17.7 Å². The van der Waals surface area contributed by atoms with E-state index in [1.165, 1.54) is 17.8 Å². The fraction of sp³-hybridized carbons (Fsp3) is 0.312. The van der Waals surface area contributed by atoms with Crippen LogP contribution in [0.3, 0.4) is 0 Å². The molecule has 2 rings (SSSR count). The molecule has 0 saturated heterocycles. The molecule has 6 heteroatoms. The molecule has 118 valence electrons. The summed E-state index contributed by atoms with van der Waals surface area (Å²) in [5, 5.41) is 6.42. The van der Waals surface area contributed by atoms with Crippen LogP contribution in [0, 0.1) is 5.82 Å². The molecule has 1 aromatic carbocycles. The van der Waals surface area contributed by atoms with Crippen molar-refractivity contribution in [1.82, 2.24) is 10.6 Å². The van der Waals surface area contributed by atoms with Gasteiger partial charge >= 0.3 is 0 Å². The summed E-state index contributed by atoms with van der Waals surface area (Å²) in [6.45, 7) is 1.45. The number of furan rings is 1. The van der Waals surface area contributed by atoms with Crippen LogP contribution in [0.4, 0.5) is 4.39 Å². The molecule has 0 saturated carbocycles. The van der Waals surface area contributed by atoms with Gasteiger partial charge in [-0.05, 0) is 24.3 Å². The van der Waals surface area contributed by atoms with Gasteiger partial charge in [-0.15, -0.1) is 11.8 Å². The van der Waals surface area contributed by atoms with Gasteiger partial charge in [0.15, 0.2) is 5.96 Å². The van der Waals surface area contributed by atoms with Gasteiger partial charge < -0.3 is 15.1 Å². The van der Waals surface area contributed by atoms with Crippen molar-refractivity contribution in [1.29, 1.82) is 0 Å². The first kappa shape index (κ1) is 16.4. The van der Waals surface area contributed by atoms with Gasteiger partial charge in [0.1, 0.15) is 11.6 Å². The minimum Gasteiger partial charge on any atom is -0.469 e. The second kappa shape index (κ2) is 9.15. The average Bonchev–Trinajstić information content (AvgIpc) is 3.04. The zero-order valence-electron chi connectivity index (χ0n) is 12.5. The molecular weight excluding hydrogens is 301 g/mol. The van der Waals surface area contributed by atoms with Crippen LogP contribution >= 0.6 is 11.8 Å². The maximum absolute atomic E-state index is 13.5. The number of hydrogen-bond acceptors (Lipinski definition) is 3. The van der Waals surface area contributed by atoms with Crippen molar-refractivity contribution in [2.24, 2.45) is 4.99 Å². The summed E-state index contributed by atoms with van der Waals surface area (Å²) < 4.78 is 18.7. The van der Waals surface area contributed by atoms with E-state index in [0.717, 1.165) is 30.4 Å². The fourth-order valence-corrected chi connectivity index (χ4v) is 2.68. The molecule has 0 unspecified atom stereocenters. The number of aliphatic imine (C=N–C) groups is 1. The number of rotatable bonds is 7. The molecule has 0 radical (unpaired) electrons. The summed E-state index contributed by atoms with van der Waals surface area (Å²) in [5.74, 6) is 2.27. The van der Waals surface area contributed by atoms with Crippen LogP contribution in [0.2, 0.25) is 0 Å². The van der Waals surface area contributed by atoms with Crippen LogP contribution < -0.4 is 10.6 Å². The lowest BCUT2D eigenvalue weighted by molar-refractivity contribution is 0.507. The van der Waals surface area contributed by atoms with Gasteiger partial charge in [-0.1, -0.05) is 12.1 Å². The standard InChI is InChI=1S/C16H20FN3OS/c1-18-16(19-9-8-13-5-4-11-21-13)20-10-12-22-15-7-3-2-6-14(15)17/h2-7,11H,8-10,12H2,1H3,(H2,18,19,20). The molecule has 0 aliphatic carbocycles. The minimum absolute atomic E-state index is 0.173. The smallest absolute Gasteiger partial charge is 0.191 e. The van der Waals surface area contributed by atoms with Gasteiger partial charge in [0.2, 0.25) is 0 Å². The first-order valence-corrected chi connectivity index (χ1v) is 8.12. The van der Waals surface area contributed by atoms with Crippen LogP contribution in [0.25, 0.3) is 0 Å². The van der Waals surface area contributed by atoms with E-state index in [1.807, 2.05) is 18.2 Å². The van der Waals surface area contributed by atoms with Crippen LogP contribution in [0.5, 0.6) is 0 Å². The Bertz CT molecular complexity index is 587. The van der Waals surface area contributed by atoms with Crippen molar-refractivity contribution in [3.05, 3.63) is 54.2 Å². The van der Waals surface area contributed by atoms with Gasteiger partial charge in [0.05, 0.1) is 6.26 Å². The van der Waals surface area contributed by atoms with Gasteiger partial charge in [-0.25, -0.2) is 4.39 Å². The number of halogens is 1. The third-order valence-corrected chi connectivity index (χ3v) is 4.01. The number of nitrogens with one attached hydrogen (secondary N) is 2. The second-order valence-electron chi connectivity index (χ2n) is 4.53. The van der Waals surface area contributed by atoms with Crippen molar-refractivity contribution in [2.45, 2.75) is 11.3 Å². The van der Waals surface area contributed by atoms with E-state index in [1.54, 1.807) is 25.4 Å². The van der Waals surface area contributed by atoms with Crippen molar-refractivity contribution in [3.8, 4) is 0 Å². The van der Waals surface area contributed by atoms with E-state index in [2.05, 4.69) is 15.6 Å². The minimum atomic E-state index is -0.173. The van der Waals surface area contributed by atoms with Crippen LogP contribution in [0.15, 0.2) is 57.0 Å². The first-order chi connectivity index (χ1) is 10.8. The van der Waals surface area contributed by atoms with E-state index in [9.17, 15) is 4.39 Å². The molecule has 2 aromatic rings. The van der Waals surface area contributed by atoms with E-state index >= 15 is 0 Å². The fourth-order valence-electron chi connectivity index (χ4n) is 1.87. The molecule has 0 atom stereocenters. The van der Waals surface area contributed by atoms with Crippen molar-refractivity contribution in [3.63, 3.8) is 0 Å². The average molecular weight is 321 g/mol. The number of nitrogens with zero attached hydrogens (tertiary/aromatic N) is 1. The third kappa shape index (κ3) is 5.44. The highest BCUT2D eigenvalue weighted by Gasteiger charge is 2.02. The predicted octanol–water partition coefficient (Wildman–Crippen LogP) is 2.92. The van der Waals surface area contributed by atoms with Gasteiger partial charge in [0.25, 0.3) is 0 Å². The van der Waals surface area contributed by atoms with E-state index in [-0.39, 0.29) is 5.82 Å². The summed E-state index contributed by atoms with van der Waals surface area (Å²) in [7, 11) is 1.73. The summed E-state index contributed by atoms with van der Waals surface area (Å²) in [4.78, 5) is 4.82. The van der Waals surface area contributed by atoms with E-state index in [4.69, 9.17) is 4.42 Å². The molecule has 0 amide bonds. The van der Waals surface area contributed by atoms with Crippen LogP contribution in [0.1, 0.15) is 5.76 Å². The number of benzene rings is 1. The summed E-state index contributed by atoms with van der Waals surface area (Å²) in [6.07, 6.45) is 2.47. The third-order valence-electron chi connectivity index (χ3n) is 2.96. The lowest BCUT2D eigenvalue weighted by atomic mass is 10.3. The lowest BCUT2D eigenvalue weighted by Crippen LogP contribution is -2.39. The highest BCUT2D eigenvalue weighted by atomic mass is 32.2. The molecule has 0 aliphatic rings. The Morgan fingerprint density at radius 3 is 2.73 bits per heavy atom. The van der Waals surface area contributed by atoms with E-state index < -0.39 is 0 Å². The van der Waals surface area contributed by atoms with Crippen LogP contribution in [-0.4, -0.2) is 31.8 Å². The van der Waals surface area contributed by atoms with Crippen molar-refractivity contribution in [2.75, 3.05) is 25.9 Å². The SMILES string of the molecule is CN=C(NCCSc1ccccc1F)NCCc1ccco1. The van der Waals surface area contributed by atoms with E-state index in [0.29, 0.717) is 11.4 Å². The van der Waals surface area contributed by atoms with Crippen LogP contribution in [-0.2, 0) is 6.42 Å². The maximum atomic E-state index is 13.5. The topological polar surface area (TPSA) is 49.6 Å². The number of guanidine groups is 1. The molecular formula is C16H20FN3OS. The highest BCUT2D eigenvalue weighted by molar-refractivity contribution is 7.99. The Hall–Kier alpha value is -1.95. The molecule has 22 heavy (non-hydrogen) atoms. The largest absolute Gasteiger partial charge is 0.469 e. The normalized spacial score (nSPS) is 11.5. The van der Waals surface area contributed by atoms with Gasteiger partial charge in [-0.2, -0.15) is 0 Å². The molecule has 0 bridgehead atoms. The van der Waals surface area contributed by atoms with Gasteiger partial charge in [-0.3, -0.25) is 4.99 Å². The quantitative estimate of drug-likeness (QED) is 0.356. The van der Waals surface area contributed by atoms with Crippen molar-refractivity contribution < 1.29 is 8.81 Å². The summed E-state index contributed by atoms with van der Waals surface area (Å²) in [6, 6.07) is 10.6. The Labute approximate surface area is 134 Å². The highest BCUT2D eigenvalue weighted by Crippen LogP contribution is 2.20. The monoisotopic (exact) mass is 321 g/mol. The lowest BCUT2D eigenvalue weighted by Gasteiger charge is -2.11. The second-order valence-corrected chi connectivity index (χ2v) is 5.67.